The van der Waals surface area contributed by atoms with E-state index in [1.54, 1.807) is 0 Å². The topological polar surface area (TPSA) is 78.9 Å². The van der Waals surface area contributed by atoms with Gasteiger partial charge < -0.3 is 14.2 Å². The molecule has 0 aromatic heterocycles. The van der Waals surface area contributed by atoms with Crippen LogP contribution in [0.1, 0.15) is 342 Å². The molecule has 0 spiro atoms. The average Bonchev–Trinajstić information content (AvgIpc) is 3.37. The summed E-state index contributed by atoms with van der Waals surface area (Å²) in [7, 11) is 0. The summed E-state index contributed by atoms with van der Waals surface area (Å²) in [5.41, 5.74) is 0. The number of allylic oxidation sites excluding steroid dienone is 6. The molecule has 0 fully saturated rings. The highest BCUT2D eigenvalue weighted by molar-refractivity contribution is 5.71. The quantitative estimate of drug-likeness (QED) is 0.0261. The summed E-state index contributed by atoms with van der Waals surface area (Å²) >= 11 is 0. The molecule has 0 N–H and O–H groups in total. The van der Waals surface area contributed by atoms with Crippen LogP contribution in [0.4, 0.5) is 0 Å². The normalized spacial score (nSPS) is 12.2. The number of ether oxygens (including phenoxy) is 3. The third kappa shape index (κ3) is 58.4. The second kappa shape index (κ2) is 60.2. The first-order valence-electron chi connectivity index (χ1n) is 31.5. The maximum atomic E-state index is 12.7. The first-order valence-corrected chi connectivity index (χ1v) is 31.5. The molecule has 0 aliphatic carbocycles. The smallest absolute Gasteiger partial charge is 0.306 e. The zero-order valence-corrected chi connectivity index (χ0v) is 47.8. The van der Waals surface area contributed by atoms with Gasteiger partial charge in [-0.25, -0.2) is 0 Å². The monoisotopic (exact) mass is 997 g/mol. The molecule has 0 aromatic rings. The molecular formula is C65H120O6. The van der Waals surface area contributed by atoms with Crippen molar-refractivity contribution in [1.82, 2.24) is 0 Å². The van der Waals surface area contributed by atoms with Gasteiger partial charge >= 0.3 is 17.9 Å². The molecule has 0 aromatic carbocycles. The molecular weight excluding hydrogens is 877 g/mol. The molecule has 6 heteroatoms. The maximum Gasteiger partial charge on any atom is 0.306 e. The molecule has 0 amide bonds. The van der Waals surface area contributed by atoms with Gasteiger partial charge in [0.15, 0.2) is 6.10 Å². The second-order valence-corrected chi connectivity index (χ2v) is 21.3. The Kier molecular flexibility index (Phi) is 58.2. The van der Waals surface area contributed by atoms with Crippen LogP contribution in [0.15, 0.2) is 36.5 Å². The Balaban J connectivity index is 3.84. The third-order valence-electron chi connectivity index (χ3n) is 14.1. The third-order valence-corrected chi connectivity index (χ3v) is 14.1. The fourth-order valence-corrected chi connectivity index (χ4v) is 9.35. The fraction of sp³-hybridized carbons (Fsp3) is 0.862. The van der Waals surface area contributed by atoms with E-state index >= 15 is 0 Å². The van der Waals surface area contributed by atoms with E-state index in [0.717, 1.165) is 70.6 Å². The van der Waals surface area contributed by atoms with Crippen molar-refractivity contribution in [1.29, 1.82) is 0 Å². The molecule has 0 rings (SSSR count). The number of unbranched alkanes of at least 4 members (excludes halogenated alkanes) is 41. The highest BCUT2D eigenvalue weighted by atomic mass is 16.6. The Labute approximate surface area is 442 Å². The van der Waals surface area contributed by atoms with Crippen LogP contribution in [-0.2, 0) is 28.6 Å². The van der Waals surface area contributed by atoms with E-state index in [0.29, 0.717) is 19.3 Å². The molecule has 0 saturated carbocycles. The Bertz CT molecular complexity index is 1190. The van der Waals surface area contributed by atoms with E-state index < -0.39 is 6.10 Å². The molecule has 416 valence electrons. The Hall–Kier alpha value is -2.37. The lowest BCUT2D eigenvalue weighted by atomic mass is 10.0. The number of esters is 3. The van der Waals surface area contributed by atoms with Crippen LogP contribution < -0.4 is 0 Å². The van der Waals surface area contributed by atoms with Crippen LogP contribution in [0.5, 0.6) is 0 Å². The highest BCUT2D eigenvalue weighted by Gasteiger charge is 2.19. The molecule has 1 unspecified atom stereocenters. The Morgan fingerprint density at radius 2 is 0.507 bits per heavy atom. The average molecular weight is 998 g/mol. The first kappa shape index (κ1) is 68.6. The van der Waals surface area contributed by atoms with Crippen molar-refractivity contribution in [2.75, 3.05) is 13.2 Å². The largest absolute Gasteiger partial charge is 0.462 e. The highest BCUT2D eigenvalue weighted by Crippen LogP contribution is 2.17. The summed E-state index contributed by atoms with van der Waals surface area (Å²) < 4.78 is 16.7. The molecule has 0 aliphatic heterocycles. The number of hydrogen-bond acceptors (Lipinski definition) is 6. The van der Waals surface area contributed by atoms with Crippen molar-refractivity contribution in [3.05, 3.63) is 36.5 Å². The van der Waals surface area contributed by atoms with Crippen molar-refractivity contribution >= 4 is 17.9 Å². The minimum atomic E-state index is -0.769. The van der Waals surface area contributed by atoms with Crippen LogP contribution >= 0.6 is 0 Å². The molecule has 0 radical (unpaired) electrons. The molecule has 6 nitrogen and oxygen atoms in total. The van der Waals surface area contributed by atoms with Gasteiger partial charge in [0.25, 0.3) is 0 Å². The molecule has 0 bridgehead atoms. The molecule has 1 atom stereocenters. The molecule has 0 saturated heterocycles. The zero-order valence-electron chi connectivity index (χ0n) is 47.8. The minimum absolute atomic E-state index is 0.0710. The first-order chi connectivity index (χ1) is 35.0. The van der Waals surface area contributed by atoms with E-state index in [2.05, 4.69) is 57.2 Å². The van der Waals surface area contributed by atoms with Gasteiger partial charge in [0.05, 0.1) is 0 Å². The number of hydrogen-bond donors (Lipinski definition) is 0. The summed E-state index contributed by atoms with van der Waals surface area (Å²) in [5.74, 6) is -0.875. The number of rotatable bonds is 58. The van der Waals surface area contributed by atoms with Crippen LogP contribution in [-0.4, -0.2) is 37.2 Å². The van der Waals surface area contributed by atoms with Gasteiger partial charge in [0.1, 0.15) is 13.2 Å². The van der Waals surface area contributed by atoms with Crippen LogP contribution in [0.25, 0.3) is 0 Å². The molecule has 0 aliphatic rings. The van der Waals surface area contributed by atoms with Crippen molar-refractivity contribution < 1.29 is 28.6 Å². The maximum absolute atomic E-state index is 12.7. The lowest BCUT2D eigenvalue weighted by Crippen LogP contribution is -2.30. The summed E-state index contributed by atoms with van der Waals surface area (Å²) in [6.45, 7) is 6.57. The van der Waals surface area contributed by atoms with Crippen molar-refractivity contribution in [2.24, 2.45) is 0 Å². The predicted octanol–water partition coefficient (Wildman–Crippen LogP) is 21.2. The van der Waals surface area contributed by atoms with Crippen LogP contribution in [0.2, 0.25) is 0 Å². The van der Waals surface area contributed by atoms with E-state index in [9.17, 15) is 14.4 Å². The van der Waals surface area contributed by atoms with E-state index in [1.807, 2.05) is 0 Å². The van der Waals surface area contributed by atoms with Gasteiger partial charge in [0, 0.05) is 19.3 Å². The van der Waals surface area contributed by atoms with Gasteiger partial charge in [-0.2, -0.15) is 0 Å². The molecule has 71 heavy (non-hydrogen) atoms. The van der Waals surface area contributed by atoms with Crippen LogP contribution in [0.3, 0.4) is 0 Å². The summed E-state index contributed by atoms with van der Waals surface area (Å²) in [6.07, 6.45) is 73.6. The zero-order chi connectivity index (χ0) is 51.4. The fourth-order valence-electron chi connectivity index (χ4n) is 9.35. The predicted molar refractivity (Wildman–Crippen MR) is 307 cm³/mol. The van der Waals surface area contributed by atoms with E-state index in [4.69, 9.17) is 14.2 Å². The number of carbonyl (C=O) groups is 3. The SMILES string of the molecule is CCCCC/C=C\CCCCCCCC(=O)OC(COC(=O)CCCCCCCC)COC(=O)CCCCCCCCCCCCCCCCCCCCCCCCC/C=C\C/C=C\CCCCCCC. The summed E-state index contributed by atoms with van der Waals surface area (Å²) in [6, 6.07) is 0. The van der Waals surface area contributed by atoms with Crippen molar-refractivity contribution in [3.8, 4) is 0 Å². The lowest BCUT2D eigenvalue weighted by molar-refractivity contribution is -0.167. The number of carbonyl (C=O) groups excluding carboxylic acids is 3. The van der Waals surface area contributed by atoms with Crippen molar-refractivity contribution in [2.45, 2.75) is 348 Å². The lowest BCUT2D eigenvalue weighted by Gasteiger charge is -2.18. The van der Waals surface area contributed by atoms with Gasteiger partial charge in [-0.05, 0) is 77.0 Å². The van der Waals surface area contributed by atoms with Crippen LogP contribution in [0, 0.1) is 0 Å². The Morgan fingerprint density at radius 3 is 0.817 bits per heavy atom. The van der Waals surface area contributed by atoms with Gasteiger partial charge in [0.2, 0.25) is 0 Å². The van der Waals surface area contributed by atoms with Gasteiger partial charge in [-0.1, -0.05) is 282 Å². The van der Waals surface area contributed by atoms with Gasteiger partial charge in [-0.3, -0.25) is 14.4 Å². The second-order valence-electron chi connectivity index (χ2n) is 21.3. The summed E-state index contributed by atoms with van der Waals surface area (Å²) in [4.78, 5) is 37.8. The van der Waals surface area contributed by atoms with Crippen molar-refractivity contribution in [3.63, 3.8) is 0 Å². The van der Waals surface area contributed by atoms with E-state index in [1.165, 1.54) is 231 Å². The molecule has 0 heterocycles. The van der Waals surface area contributed by atoms with Gasteiger partial charge in [-0.15, -0.1) is 0 Å². The Morgan fingerprint density at radius 1 is 0.282 bits per heavy atom. The van der Waals surface area contributed by atoms with E-state index in [-0.39, 0.29) is 31.1 Å². The minimum Gasteiger partial charge on any atom is -0.462 e. The summed E-state index contributed by atoms with van der Waals surface area (Å²) in [5, 5.41) is 0. The standard InChI is InChI=1S/C65H120O6/c1-4-7-10-13-16-18-20-22-23-24-25-26-27-28-29-30-31-32-33-34-35-36-37-38-39-40-41-42-43-44-46-47-49-52-55-58-64(67)70-61-62(60-69-63(66)57-54-51-15-12-9-6-3)71-65(68)59-56-53-50-48-45-21-19-17-14-11-8-5-2/h17,19-20,22,24-25,62H,4-16,18,21,23,26-61H2,1-3H3/b19-17-,22-20-,25-24-.